The van der Waals surface area contributed by atoms with Gasteiger partial charge in [-0.25, -0.2) is 0 Å². The van der Waals surface area contributed by atoms with Crippen LogP contribution >= 0.6 is 0 Å². The third-order valence-electron chi connectivity index (χ3n) is 3.21. The molecule has 0 fully saturated rings. The number of Topliss-reactive ketones (excluding diaryl/α,β-unsaturated/α-hetero) is 1. The number of ketones is 1. The molecule has 0 saturated heterocycles. The lowest BCUT2D eigenvalue weighted by molar-refractivity contribution is 0.0966. The quantitative estimate of drug-likeness (QED) is 0.696. The van der Waals surface area contributed by atoms with Crippen molar-refractivity contribution < 1.29 is 9.21 Å². The lowest BCUT2D eigenvalue weighted by Gasteiger charge is -2.13. The smallest absolute Gasteiger partial charge is 0.203 e. The van der Waals surface area contributed by atoms with Crippen LogP contribution in [0.1, 0.15) is 34.5 Å². The van der Waals surface area contributed by atoms with Crippen LogP contribution in [0, 0.1) is 6.92 Å². The number of hydrogen-bond acceptors (Lipinski definition) is 3. The number of aryl methyl sites for hydroxylation is 2. The maximum absolute atomic E-state index is 12.3. The molecular weight excluding hydrogens is 216 g/mol. The average molecular weight is 228 g/mol. The van der Waals surface area contributed by atoms with Gasteiger partial charge in [0.1, 0.15) is 16.9 Å². The molecule has 0 spiro atoms. The minimum atomic E-state index is -0.172. The minimum absolute atomic E-state index is 0.0802. The molecule has 0 N–H and O–H groups in total. The molecule has 0 bridgehead atoms. The highest BCUT2D eigenvalue weighted by molar-refractivity contribution is 6.00. The van der Waals surface area contributed by atoms with Gasteiger partial charge in [0.25, 0.3) is 0 Å². The average Bonchev–Trinajstić information content (AvgIpc) is 2.30. The molecule has 3 rings (SSSR count). The van der Waals surface area contributed by atoms with E-state index >= 15 is 0 Å². The second kappa shape index (κ2) is 3.55. The fourth-order valence-electron chi connectivity index (χ4n) is 2.35. The molecule has 1 aromatic heterocycles. The first-order valence-corrected chi connectivity index (χ1v) is 5.76. The summed E-state index contributed by atoms with van der Waals surface area (Å²) in [5, 5.41) is 0.513. The summed E-state index contributed by atoms with van der Waals surface area (Å²) in [6.07, 6.45) is 1.90. The van der Waals surface area contributed by atoms with Crippen LogP contribution in [0.3, 0.4) is 0 Å². The third kappa shape index (κ3) is 1.50. The van der Waals surface area contributed by atoms with E-state index in [-0.39, 0.29) is 16.8 Å². The summed E-state index contributed by atoms with van der Waals surface area (Å²) in [4.78, 5) is 24.0. The normalized spacial score (nSPS) is 15.0. The van der Waals surface area contributed by atoms with Crippen molar-refractivity contribution in [2.75, 3.05) is 0 Å². The van der Waals surface area contributed by atoms with E-state index in [1.54, 1.807) is 12.1 Å². The fourth-order valence-corrected chi connectivity index (χ4v) is 2.35. The molecule has 3 heteroatoms. The maximum atomic E-state index is 12.3. The van der Waals surface area contributed by atoms with Crippen LogP contribution in [0.5, 0.6) is 0 Å². The van der Waals surface area contributed by atoms with Crippen molar-refractivity contribution in [3.63, 3.8) is 0 Å². The Bertz CT molecular complexity index is 680. The van der Waals surface area contributed by atoms with Crippen LogP contribution in [0.25, 0.3) is 11.0 Å². The summed E-state index contributed by atoms with van der Waals surface area (Å²) in [5.41, 5.74) is 1.67. The van der Waals surface area contributed by atoms with E-state index in [1.165, 1.54) is 0 Å². The van der Waals surface area contributed by atoms with E-state index in [0.717, 1.165) is 12.0 Å². The maximum Gasteiger partial charge on any atom is 0.203 e. The van der Waals surface area contributed by atoms with Gasteiger partial charge in [-0.3, -0.25) is 9.59 Å². The molecule has 2 aromatic rings. The second-order valence-corrected chi connectivity index (χ2v) is 4.51. The molecule has 0 unspecified atom stereocenters. The van der Waals surface area contributed by atoms with E-state index in [1.807, 2.05) is 13.0 Å². The minimum Gasteiger partial charge on any atom is -0.460 e. The second-order valence-electron chi connectivity index (χ2n) is 4.51. The zero-order valence-corrected chi connectivity index (χ0v) is 9.58. The van der Waals surface area contributed by atoms with Gasteiger partial charge < -0.3 is 4.42 Å². The Morgan fingerprint density at radius 1 is 1.18 bits per heavy atom. The fraction of sp³-hybridized carbons (Fsp3) is 0.286. The lowest BCUT2D eigenvalue weighted by atomic mass is 9.94. The molecule has 1 aliphatic carbocycles. The number of carbonyl (C=O) groups excluding carboxylic acids is 1. The van der Waals surface area contributed by atoms with Crippen LogP contribution in [0.4, 0.5) is 0 Å². The summed E-state index contributed by atoms with van der Waals surface area (Å²) in [6.45, 7) is 1.92. The Labute approximate surface area is 98.1 Å². The largest absolute Gasteiger partial charge is 0.460 e. The van der Waals surface area contributed by atoms with Crippen molar-refractivity contribution in [1.82, 2.24) is 0 Å². The first kappa shape index (κ1) is 10.3. The summed E-state index contributed by atoms with van der Waals surface area (Å²) in [6, 6.07) is 5.48. The highest BCUT2D eigenvalue weighted by Gasteiger charge is 2.24. The van der Waals surface area contributed by atoms with Crippen LogP contribution in [0.2, 0.25) is 0 Å². The molecular formula is C14H12O3. The number of rotatable bonds is 0. The topological polar surface area (TPSA) is 47.3 Å². The SMILES string of the molecule is Cc1ccc2oc3c(c(=O)c2c1)C(=O)CCC3. The Morgan fingerprint density at radius 3 is 2.82 bits per heavy atom. The van der Waals surface area contributed by atoms with Gasteiger partial charge in [0.05, 0.1) is 5.39 Å². The van der Waals surface area contributed by atoms with Gasteiger partial charge >= 0.3 is 0 Å². The predicted molar refractivity (Wildman–Crippen MR) is 64.5 cm³/mol. The first-order chi connectivity index (χ1) is 8.16. The van der Waals surface area contributed by atoms with Crippen molar-refractivity contribution in [2.45, 2.75) is 26.2 Å². The molecule has 0 radical (unpaired) electrons. The lowest BCUT2D eigenvalue weighted by Crippen LogP contribution is -2.22. The summed E-state index contributed by atoms with van der Waals surface area (Å²) in [5.74, 6) is 0.478. The highest BCUT2D eigenvalue weighted by atomic mass is 16.3. The predicted octanol–water partition coefficient (Wildman–Crippen LogP) is 2.62. The monoisotopic (exact) mass is 228 g/mol. The molecule has 1 aliphatic rings. The summed E-state index contributed by atoms with van der Waals surface area (Å²) < 4.78 is 5.67. The highest BCUT2D eigenvalue weighted by Crippen LogP contribution is 2.23. The summed E-state index contributed by atoms with van der Waals surface area (Å²) >= 11 is 0. The Hall–Kier alpha value is -1.90. The number of benzene rings is 1. The Kier molecular flexibility index (Phi) is 2.15. The number of carbonyl (C=O) groups is 1. The van der Waals surface area contributed by atoms with Gasteiger partial charge in [-0.05, 0) is 25.5 Å². The van der Waals surface area contributed by atoms with E-state index in [2.05, 4.69) is 0 Å². The van der Waals surface area contributed by atoms with Gasteiger partial charge in [0.2, 0.25) is 5.43 Å². The number of fused-ring (bicyclic) bond motifs is 2. The molecule has 86 valence electrons. The van der Waals surface area contributed by atoms with Crippen molar-refractivity contribution in [3.05, 3.63) is 45.3 Å². The standard InChI is InChI=1S/C14H12O3/c1-8-5-6-11-9(7-8)14(16)13-10(15)3-2-4-12(13)17-11/h5-7H,2-4H2,1H3. The van der Waals surface area contributed by atoms with Gasteiger partial charge in [-0.2, -0.15) is 0 Å². The van der Waals surface area contributed by atoms with E-state index in [4.69, 9.17) is 4.42 Å². The van der Waals surface area contributed by atoms with Gasteiger partial charge in [0.15, 0.2) is 5.78 Å². The Balaban J connectivity index is 2.44. The molecule has 0 atom stereocenters. The van der Waals surface area contributed by atoms with Gasteiger partial charge in [-0.15, -0.1) is 0 Å². The first-order valence-electron chi connectivity index (χ1n) is 5.76. The van der Waals surface area contributed by atoms with Crippen molar-refractivity contribution in [3.8, 4) is 0 Å². The van der Waals surface area contributed by atoms with E-state index in [0.29, 0.717) is 29.6 Å². The van der Waals surface area contributed by atoms with Crippen molar-refractivity contribution >= 4 is 16.8 Å². The summed E-state index contributed by atoms with van der Waals surface area (Å²) in [7, 11) is 0. The zero-order valence-electron chi connectivity index (χ0n) is 9.58. The molecule has 17 heavy (non-hydrogen) atoms. The molecule has 1 heterocycles. The van der Waals surface area contributed by atoms with Gasteiger partial charge in [0, 0.05) is 12.8 Å². The Morgan fingerprint density at radius 2 is 2.00 bits per heavy atom. The van der Waals surface area contributed by atoms with Crippen molar-refractivity contribution in [2.24, 2.45) is 0 Å². The van der Waals surface area contributed by atoms with Crippen molar-refractivity contribution in [1.29, 1.82) is 0 Å². The molecule has 0 saturated carbocycles. The third-order valence-corrected chi connectivity index (χ3v) is 3.21. The molecule has 0 amide bonds. The van der Waals surface area contributed by atoms with Crippen LogP contribution < -0.4 is 5.43 Å². The van der Waals surface area contributed by atoms with Crippen LogP contribution in [-0.2, 0) is 6.42 Å². The molecule has 1 aromatic carbocycles. The van der Waals surface area contributed by atoms with Crippen LogP contribution in [0.15, 0.2) is 27.4 Å². The van der Waals surface area contributed by atoms with Gasteiger partial charge in [-0.1, -0.05) is 11.6 Å². The molecule has 3 nitrogen and oxygen atoms in total. The number of hydrogen-bond donors (Lipinski definition) is 0. The van der Waals surface area contributed by atoms with E-state index in [9.17, 15) is 9.59 Å². The van der Waals surface area contributed by atoms with E-state index < -0.39 is 0 Å². The molecule has 0 aliphatic heterocycles. The zero-order chi connectivity index (χ0) is 12.0. The van der Waals surface area contributed by atoms with Crippen LogP contribution in [-0.4, -0.2) is 5.78 Å².